The van der Waals surface area contributed by atoms with Crippen LogP contribution in [-0.4, -0.2) is 39.9 Å². The van der Waals surface area contributed by atoms with Gasteiger partial charge in [0, 0.05) is 25.0 Å². The van der Waals surface area contributed by atoms with Gasteiger partial charge in [-0.25, -0.2) is 9.78 Å². The third-order valence-corrected chi connectivity index (χ3v) is 3.93. The molecule has 7 nitrogen and oxygen atoms in total. The van der Waals surface area contributed by atoms with Crippen LogP contribution in [0.25, 0.3) is 0 Å². The number of hydrogen-bond donors (Lipinski definition) is 3. The van der Waals surface area contributed by atoms with Crippen LogP contribution in [0.15, 0.2) is 36.7 Å². The van der Waals surface area contributed by atoms with Crippen LogP contribution in [0.3, 0.4) is 0 Å². The van der Waals surface area contributed by atoms with Gasteiger partial charge in [0.1, 0.15) is 18.8 Å². The number of nitrogens with zero attached hydrogens (tertiary/aromatic N) is 2. The number of aromatic nitrogens is 3. The number of nitrogens with one attached hydrogen (secondary N) is 3. The Labute approximate surface area is 134 Å². The molecule has 1 aliphatic carbocycles. The van der Waals surface area contributed by atoms with E-state index in [1.807, 2.05) is 30.3 Å². The Morgan fingerprint density at radius 2 is 2.09 bits per heavy atom. The van der Waals surface area contributed by atoms with Crippen LogP contribution in [0.1, 0.15) is 24.2 Å². The highest BCUT2D eigenvalue weighted by Gasteiger charge is 2.30. The van der Waals surface area contributed by atoms with Gasteiger partial charge in [0.25, 0.3) is 0 Å². The molecule has 0 unspecified atom stereocenters. The fraction of sp³-hybridized carbons (Fsp3) is 0.438. The molecule has 1 fully saturated rings. The summed E-state index contributed by atoms with van der Waals surface area (Å²) in [5.41, 5.74) is 0.989. The summed E-state index contributed by atoms with van der Waals surface area (Å²) in [5, 5.41) is 13.0. The van der Waals surface area contributed by atoms with Crippen LogP contribution >= 0.6 is 0 Å². The lowest BCUT2D eigenvalue weighted by Gasteiger charge is -2.36. The summed E-state index contributed by atoms with van der Waals surface area (Å²) in [4.78, 5) is 15.8. The maximum Gasteiger partial charge on any atom is 0.407 e. The van der Waals surface area contributed by atoms with E-state index in [1.165, 1.54) is 6.33 Å². The van der Waals surface area contributed by atoms with E-state index in [0.717, 1.165) is 37.2 Å². The molecule has 3 N–H and O–H groups in total. The lowest BCUT2D eigenvalue weighted by Crippen LogP contribution is -2.52. The largest absolute Gasteiger partial charge is 0.445 e. The number of hydrogen-bond acceptors (Lipinski definition) is 5. The van der Waals surface area contributed by atoms with Crippen molar-refractivity contribution in [3.8, 4) is 0 Å². The molecule has 3 rings (SSSR count). The zero-order chi connectivity index (χ0) is 15.9. The predicted molar refractivity (Wildman–Crippen MR) is 84.7 cm³/mol. The van der Waals surface area contributed by atoms with Crippen LogP contribution in [0, 0.1) is 0 Å². The molecule has 122 valence electrons. The number of amides is 1. The van der Waals surface area contributed by atoms with Crippen molar-refractivity contribution in [2.24, 2.45) is 0 Å². The van der Waals surface area contributed by atoms with E-state index in [2.05, 4.69) is 25.8 Å². The Hall–Kier alpha value is -2.41. The molecule has 0 aliphatic heterocycles. The van der Waals surface area contributed by atoms with E-state index in [4.69, 9.17) is 4.74 Å². The molecule has 0 spiro atoms. The van der Waals surface area contributed by atoms with Crippen molar-refractivity contribution in [3.05, 3.63) is 48.0 Å². The van der Waals surface area contributed by atoms with Gasteiger partial charge >= 0.3 is 6.09 Å². The van der Waals surface area contributed by atoms with Crippen molar-refractivity contribution in [3.63, 3.8) is 0 Å². The summed E-state index contributed by atoms with van der Waals surface area (Å²) < 4.78 is 5.21. The minimum Gasteiger partial charge on any atom is -0.445 e. The number of rotatable bonds is 7. The van der Waals surface area contributed by atoms with Crippen LogP contribution < -0.4 is 10.6 Å². The average Bonchev–Trinajstić information content (AvgIpc) is 3.05. The van der Waals surface area contributed by atoms with Gasteiger partial charge in [-0.3, -0.25) is 5.10 Å². The topological polar surface area (TPSA) is 91.9 Å². The fourth-order valence-electron chi connectivity index (χ4n) is 2.58. The van der Waals surface area contributed by atoms with Crippen molar-refractivity contribution >= 4 is 6.09 Å². The minimum atomic E-state index is -0.348. The molecule has 1 heterocycles. The third-order valence-electron chi connectivity index (χ3n) is 3.93. The molecule has 1 saturated carbocycles. The summed E-state index contributed by atoms with van der Waals surface area (Å²) >= 11 is 0. The van der Waals surface area contributed by atoms with E-state index in [0.29, 0.717) is 12.6 Å². The summed E-state index contributed by atoms with van der Waals surface area (Å²) in [7, 11) is 0. The molecule has 23 heavy (non-hydrogen) atoms. The number of carbonyl (C=O) groups is 1. The molecule has 1 aromatic carbocycles. The monoisotopic (exact) mass is 315 g/mol. The Morgan fingerprint density at radius 3 is 2.83 bits per heavy atom. The first-order valence-corrected chi connectivity index (χ1v) is 7.84. The van der Waals surface area contributed by atoms with E-state index < -0.39 is 0 Å². The number of aromatic amines is 1. The molecule has 0 saturated heterocycles. The third kappa shape index (κ3) is 4.79. The number of H-pyrrole nitrogens is 1. The Bertz CT molecular complexity index is 596. The first-order valence-electron chi connectivity index (χ1n) is 7.84. The Balaban J connectivity index is 1.25. The SMILES string of the molecule is O=C(NC1CC(NCCc2ncn[nH]2)C1)OCc1ccccc1. The van der Waals surface area contributed by atoms with Gasteiger partial charge < -0.3 is 15.4 Å². The number of carbonyl (C=O) groups excluding carboxylic acids is 1. The van der Waals surface area contributed by atoms with Gasteiger partial charge in [0.05, 0.1) is 0 Å². The van der Waals surface area contributed by atoms with E-state index in [-0.39, 0.29) is 12.1 Å². The summed E-state index contributed by atoms with van der Waals surface area (Å²) in [6.45, 7) is 1.16. The predicted octanol–water partition coefficient (Wildman–Crippen LogP) is 1.39. The Kier molecular flexibility index (Phi) is 5.21. The highest BCUT2D eigenvalue weighted by molar-refractivity contribution is 5.67. The van der Waals surface area contributed by atoms with Crippen LogP contribution in [0.4, 0.5) is 4.79 Å². The molecule has 1 aromatic heterocycles. The van der Waals surface area contributed by atoms with Gasteiger partial charge in [-0.2, -0.15) is 5.10 Å². The quantitative estimate of drug-likeness (QED) is 0.718. The van der Waals surface area contributed by atoms with Gasteiger partial charge in [0.15, 0.2) is 0 Å². The van der Waals surface area contributed by atoms with Gasteiger partial charge in [-0.15, -0.1) is 0 Å². The smallest absolute Gasteiger partial charge is 0.407 e. The summed E-state index contributed by atoms with van der Waals surface area (Å²) in [6.07, 6.45) is 3.85. The maximum atomic E-state index is 11.7. The first kappa shape index (κ1) is 15.5. The van der Waals surface area contributed by atoms with Crippen LogP contribution in [-0.2, 0) is 17.8 Å². The summed E-state index contributed by atoms with van der Waals surface area (Å²) in [5.74, 6) is 0.885. The first-order chi connectivity index (χ1) is 11.3. The second-order valence-electron chi connectivity index (χ2n) is 5.71. The van der Waals surface area contributed by atoms with Crippen molar-refractivity contribution in [1.82, 2.24) is 25.8 Å². The number of benzene rings is 1. The van der Waals surface area contributed by atoms with Crippen LogP contribution in [0.2, 0.25) is 0 Å². The lowest BCUT2D eigenvalue weighted by molar-refractivity contribution is 0.125. The molecule has 1 aliphatic rings. The fourth-order valence-corrected chi connectivity index (χ4v) is 2.58. The maximum absolute atomic E-state index is 11.7. The zero-order valence-corrected chi connectivity index (χ0v) is 12.9. The lowest BCUT2D eigenvalue weighted by atomic mass is 9.87. The molecule has 0 atom stereocenters. The van der Waals surface area contributed by atoms with Crippen molar-refractivity contribution in [2.45, 2.75) is 38.0 Å². The second kappa shape index (κ2) is 7.73. The Morgan fingerprint density at radius 1 is 1.26 bits per heavy atom. The van der Waals surface area contributed by atoms with Crippen LogP contribution in [0.5, 0.6) is 0 Å². The second-order valence-corrected chi connectivity index (χ2v) is 5.71. The summed E-state index contributed by atoms with van der Waals surface area (Å²) in [6, 6.07) is 10.3. The van der Waals surface area contributed by atoms with Crippen molar-refractivity contribution < 1.29 is 9.53 Å². The van der Waals surface area contributed by atoms with Crippen molar-refractivity contribution in [2.75, 3.05) is 6.54 Å². The molecular formula is C16H21N5O2. The molecular weight excluding hydrogens is 294 g/mol. The molecule has 0 radical (unpaired) electrons. The van der Waals surface area contributed by atoms with E-state index in [1.54, 1.807) is 0 Å². The van der Waals surface area contributed by atoms with E-state index in [9.17, 15) is 4.79 Å². The highest BCUT2D eigenvalue weighted by Crippen LogP contribution is 2.20. The molecule has 7 heteroatoms. The molecule has 1 amide bonds. The molecule has 2 aromatic rings. The van der Waals surface area contributed by atoms with Gasteiger partial charge in [0.2, 0.25) is 0 Å². The highest BCUT2D eigenvalue weighted by atomic mass is 16.5. The number of ether oxygens (including phenoxy) is 1. The van der Waals surface area contributed by atoms with Gasteiger partial charge in [-0.05, 0) is 18.4 Å². The average molecular weight is 315 g/mol. The number of alkyl carbamates (subject to hydrolysis) is 1. The minimum absolute atomic E-state index is 0.195. The zero-order valence-electron chi connectivity index (χ0n) is 12.9. The standard InChI is InChI=1S/C16H21N5O2/c22-16(23-10-12-4-2-1-3-5-12)20-14-8-13(9-14)17-7-6-15-18-11-19-21-15/h1-5,11,13-14,17H,6-10H2,(H,20,22)(H,18,19,21). The van der Waals surface area contributed by atoms with Gasteiger partial charge in [-0.1, -0.05) is 30.3 Å². The molecule has 0 bridgehead atoms. The normalized spacial score (nSPS) is 19.8. The van der Waals surface area contributed by atoms with E-state index >= 15 is 0 Å². The van der Waals surface area contributed by atoms with Crippen molar-refractivity contribution in [1.29, 1.82) is 0 Å².